The smallest absolute Gasteiger partial charge is 0.234 e. The summed E-state index contributed by atoms with van der Waals surface area (Å²) in [5.41, 5.74) is 0.606. The lowest BCUT2D eigenvalue weighted by molar-refractivity contribution is 0.0650. The van der Waals surface area contributed by atoms with E-state index in [4.69, 9.17) is 4.74 Å². The quantitative estimate of drug-likeness (QED) is 0.285. The maximum absolute atomic E-state index is 9.76. The summed E-state index contributed by atoms with van der Waals surface area (Å²) in [5, 5.41) is 0. The molecule has 13 heavy (non-hydrogen) atoms. The van der Waals surface area contributed by atoms with Crippen LogP contribution in [0, 0.1) is 0 Å². The Kier molecular flexibility index (Phi) is 5.73. The van der Waals surface area contributed by atoms with E-state index in [1.54, 1.807) is 6.08 Å². The summed E-state index contributed by atoms with van der Waals surface area (Å²) < 4.78 is 5.64. The van der Waals surface area contributed by atoms with Gasteiger partial charge in [0.05, 0.1) is 16.1 Å². The predicted molar refractivity (Wildman–Crippen MR) is 54.5 cm³/mol. The van der Waals surface area contributed by atoms with E-state index in [1.807, 2.05) is 0 Å². The number of hydrogen-bond acceptors (Lipinski definition) is 3. The molecule has 1 atom stereocenters. The largest absolute Gasteiger partial charge is 0.382 e. The van der Waals surface area contributed by atoms with Crippen LogP contribution in [0.4, 0.5) is 0 Å². The Morgan fingerprint density at radius 2 is 2.46 bits per heavy atom. The van der Waals surface area contributed by atoms with Gasteiger partial charge in [0.15, 0.2) is 0 Å². The van der Waals surface area contributed by atoms with Gasteiger partial charge in [0.25, 0.3) is 0 Å². The Hall–Kier alpha value is -0.443. The molecule has 1 saturated heterocycles. The van der Waals surface area contributed by atoms with Gasteiger partial charge in [-0.3, -0.25) is 0 Å². The summed E-state index contributed by atoms with van der Waals surface area (Å²) >= 11 is 0. The lowest BCUT2D eigenvalue weighted by Crippen LogP contribution is -2.25. The van der Waals surface area contributed by atoms with E-state index in [-0.39, 0.29) is 9.52 Å². The average molecular weight is 199 g/mol. The number of isocyanates is 1. The van der Waals surface area contributed by atoms with Crippen molar-refractivity contribution in [2.24, 2.45) is 4.99 Å². The maximum atomic E-state index is 9.76. The first kappa shape index (κ1) is 10.6. The fourth-order valence-corrected chi connectivity index (χ4v) is 3.52. The van der Waals surface area contributed by atoms with E-state index in [0.29, 0.717) is 12.3 Å². The summed E-state index contributed by atoms with van der Waals surface area (Å²) in [6.45, 7) is 1.62. The SMILES string of the molecule is O=C=NCCC[SiH2]C1CCCCO1. The highest BCUT2D eigenvalue weighted by atomic mass is 28.2. The van der Waals surface area contributed by atoms with E-state index in [2.05, 4.69) is 4.99 Å². The fraction of sp³-hybridized carbons (Fsp3) is 0.889. The molecule has 4 heteroatoms. The molecule has 1 fully saturated rings. The van der Waals surface area contributed by atoms with Crippen molar-refractivity contribution in [1.82, 2.24) is 0 Å². The molecule has 1 rings (SSSR count). The molecule has 0 spiro atoms. The molecule has 0 amide bonds. The second kappa shape index (κ2) is 7.01. The van der Waals surface area contributed by atoms with Gasteiger partial charge in [-0.15, -0.1) is 0 Å². The summed E-state index contributed by atoms with van der Waals surface area (Å²) in [6.07, 6.45) is 6.45. The second-order valence-corrected chi connectivity index (χ2v) is 5.65. The topological polar surface area (TPSA) is 38.7 Å². The van der Waals surface area contributed by atoms with Gasteiger partial charge in [0.2, 0.25) is 6.08 Å². The number of aliphatic imine (C=N–C) groups is 1. The van der Waals surface area contributed by atoms with Crippen LogP contribution in [0.15, 0.2) is 4.99 Å². The molecule has 0 N–H and O–H groups in total. The molecule has 0 aromatic heterocycles. The van der Waals surface area contributed by atoms with Gasteiger partial charge >= 0.3 is 0 Å². The van der Waals surface area contributed by atoms with Gasteiger partial charge in [-0.1, -0.05) is 6.04 Å². The molecule has 1 aliphatic rings. The molecule has 0 radical (unpaired) electrons. The normalized spacial score (nSPS) is 23.2. The minimum atomic E-state index is -0.0745. The van der Waals surface area contributed by atoms with Crippen LogP contribution < -0.4 is 0 Å². The van der Waals surface area contributed by atoms with Crippen LogP contribution in [-0.2, 0) is 9.53 Å². The van der Waals surface area contributed by atoms with E-state index in [0.717, 1.165) is 13.0 Å². The second-order valence-electron chi connectivity index (χ2n) is 3.46. The van der Waals surface area contributed by atoms with Gasteiger partial charge in [-0.2, -0.15) is 0 Å². The first-order valence-corrected chi connectivity index (χ1v) is 6.90. The molecule has 0 aromatic rings. The van der Waals surface area contributed by atoms with Gasteiger partial charge in [-0.05, 0) is 25.7 Å². The van der Waals surface area contributed by atoms with Crippen molar-refractivity contribution in [3.63, 3.8) is 0 Å². The predicted octanol–water partition coefficient (Wildman–Crippen LogP) is 0.826. The van der Waals surface area contributed by atoms with E-state index >= 15 is 0 Å². The zero-order chi connectivity index (χ0) is 9.36. The van der Waals surface area contributed by atoms with Crippen molar-refractivity contribution in [1.29, 1.82) is 0 Å². The van der Waals surface area contributed by atoms with E-state index < -0.39 is 0 Å². The van der Waals surface area contributed by atoms with Crippen LogP contribution in [0.2, 0.25) is 6.04 Å². The Balaban J connectivity index is 1.94. The third kappa shape index (κ3) is 4.98. The average Bonchev–Trinajstić information content (AvgIpc) is 2.19. The summed E-state index contributed by atoms with van der Waals surface area (Å²) in [6, 6.07) is 1.25. The fourth-order valence-electron chi connectivity index (χ4n) is 1.64. The van der Waals surface area contributed by atoms with Crippen LogP contribution in [-0.4, -0.2) is 34.5 Å². The van der Waals surface area contributed by atoms with Gasteiger partial charge < -0.3 is 4.74 Å². The van der Waals surface area contributed by atoms with Gasteiger partial charge in [0, 0.05) is 12.3 Å². The highest BCUT2D eigenvalue weighted by molar-refractivity contribution is 6.37. The minimum Gasteiger partial charge on any atom is -0.382 e. The minimum absolute atomic E-state index is 0.0745. The molecule has 1 unspecified atom stereocenters. The van der Waals surface area contributed by atoms with Gasteiger partial charge in [0.1, 0.15) is 0 Å². The summed E-state index contributed by atoms with van der Waals surface area (Å²) in [5.74, 6) is 0. The van der Waals surface area contributed by atoms with Gasteiger partial charge in [-0.25, -0.2) is 9.79 Å². The Morgan fingerprint density at radius 1 is 1.54 bits per heavy atom. The lowest BCUT2D eigenvalue weighted by atomic mass is 10.2. The van der Waals surface area contributed by atoms with Crippen LogP contribution in [0.25, 0.3) is 0 Å². The third-order valence-corrected chi connectivity index (χ3v) is 4.58. The first-order valence-electron chi connectivity index (χ1n) is 5.08. The standard InChI is InChI=1S/C9H17NO2Si/c11-8-10-5-3-7-13-9-4-1-2-6-12-9/h9H,1-7,13H2. The maximum Gasteiger partial charge on any atom is 0.234 e. The highest BCUT2D eigenvalue weighted by Crippen LogP contribution is 2.12. The lowest BCUT2D eigenvalue weighted by Gasteiger charge is -2.21. The summed E-state index contributed by atoms with van der Waals surface area (Å²) in [7, 11) is -0.0745. The van der Waals surface area contributed by atoms with Crippen molar-refractivity contribution in [2.45, 2.75) is 37.5 Å². The van der Waals surface area contributed by atoms with Crippen LogP contribution in [0.5, 0.6) is 0 Å². The number of nitrogens with zero attached hydrogens (tertiary/aromatic N) is 1. The van der Waals surface area contributed by atoms with Crippen LogP contribution in [0.3, 0.4) is 0 Å². The van der Waals surface area contributed by atoms with Crippen molar-refractivity contribution >= 4 is 15.6 Å². The van der Waals surface area contributed by atoms with Crippen molar-refractivity contribution < 1.29 is 9.53 Å². The molecule has 1 aliphatic heterocycles. The molecule has 3 nitrogen and oxygen atoms in total. The van der Waals surface area contributed by atoms with Crippen molar-refractivity contribution in [2.75, 3.05) is 13.2 Å². The number of carbonyl (C=O) groups excluding carboxylic acids is 1. The highest BCUT2D eigenvalue weighted by Gasteiger charge is 2.12. The zero-order valence-electron chi connectivity index (χ0n) is 8.00. The van der Waals surface area contributed by atoms with Crippen LogP contribution in [0.1, 0.15) is 25.7 Å². The molecule has 1 heterocycles. The number of rotatable bonds is 5. The van der Waals surface area contributed by atoms with Crippen molar-refractivity contribution in [3.8, 4) is 0 Å². The molecular formula is C9H17NO2Si. The monoisotopic (exact) mass is 199 g/mol. The Bertz CT molecular complexity index is 174. The Labute approximate surface area is 81.4 Å². The summed E-state index contributed by atoms with van der Waals surface area (Å²) in [4.78, 5) is 13.3. The third-order valence-electron chi connectivity index (χ3n) is 2.38. The van der Waals surface area contributed by atoms with E-state index in [1.165, 1.54) is 25.3 Å². The number of hydrogen-bond donors (Lipinski definition) is 0. The molecule has 0 saturated carbocycles. The molecular weight excluding hydrogens is 182 g/mol. The molecule has 74 valence electrons. The molecule has 0 aromatic carbocycles. The van der Waals surface area contributed by atoms with Crippen molar-refractivity contribution in [3.05, 3.63) is 0 Å². The zero-order valence-corrected chi connectivity index (χ0v) is 9.41. The molecule has 0 aliphatic carbocycles. The molecule has 0 bridgehead atoms. The Morgan fingerprint density at radius 3 is 3.15 bits per heavy atom. The van der Waals surface area contributed by atoms with E-state index in [9.17, 15) is 4.79 Å². The first-order chi connectivity index (χ1) is 6.43. The number of ether oxygens (including phenoxy) is 1. The van der Waals surface area contributed by atoms with Crippen LogP contribution >= 0.6 is 0 Å².